The van der Waals surface area contributed by atoms with E-state index in [4.69, 9.17) is 4.74 Å². The number of carbonyl (C=O) groups excluding carboxylic acids is 1. The van der Waals surface area contributed by atoms with Gasteiger partial charge in [-0.1, -0.05) is 18.2 Å². The van der Waals surface area contributed by atoms with Crippen molar-refractivity contribution in [1.82, 2.24) is 4.98 Å². The van der Waals surface area contributed by atoms with Crippen molar-refractivity contribution in [3.05, 3.63) is 65.6 Å². The predicted octanol–water partition coefficient (Wildman–Crippen LogP) is 4.13. The highest BCUT2D eigenvalue weighted by Crippen LogP contribution is 2.21. The van der Waals surface area contributed by atoms with Gasteiger partial charge in [0.25, 0.3) is 0 Å². The van der Waals surface area contributed by atoms with E-state index in [0.717, 1.165) is 16.5 Å². The second-order valence-electron chi connectivity index (χ2n) is 5.13. The molecule has 1 aromatic heterocycles. The summed E-state index contributed by atoms with van der Waals surface area (Å²) in [5.74, 6) is -0.444. The van der Waals surface area contributed by atoms with Gasteiger partial charge in [-0.05, 0) is 36.2 Å². The zero-order valence-corrected chi connectivity index (χ0v) is 12.2. The Kier molecular flexibility index (Phi) is 3.92. The van der Waals surface area contributed by atoms with E-state index >= 15 is 0 Å². The summed E-state index contributed by atoms with van der Waals surface area (Å²) in [7, 11) is 1.40. The van der Waals surface area contributed by atoms with Gasteiger partial charge in [0, 0.05) is 29.1 Å². The summed E-state index contributed by atoms with van der Waals surface area (Å²) in [5, 5.41) is 1.12. The van der Waals surface area contributed by atoms with Crippen LogP contribution in [0.4, 0.5) is 4.39 Å². The highest BCUT2D eigenvalue weighted by molar-refractivity contribution is 5.96. The number of fused-ring (bicyclic) bond motifs is 1. The van der Waals surface area contributed by atoms with Gasteiger partial charge in [-0.2, -0.15) is 0 Å². The number of aromatic nitrogens is 1. The van der Waals surface area contributed by atoms with Gasteiger partial charge in [-0.15, -0.1) is 0 Å². The zero-order valence-electron chi connectivity index (χ0n) is 12.2. The molecule has 0 atom stereocenters. The summed E-state index contributed by atoms with van der Waals surface area (Å²) in [6.07, 6.45) is 2.89. The van der Waals surface area contributed by atoms with Crippen molar-refractivity contribution < 1.29 is 13.9 Å². The van der Waals surface area contributed by atoms with Crippen molar-refractivity contribution >= 4 is 16.7 Å². The first-order chi connectivity index (χ1) is 10.7. The van der Waals surface area contributed by atoms with E-state index in [1.165, 1.54) is 19.2 Å². The fourth-order valence-corrected chi connectivity index (χ4v) is 2.57. The molecule has 0 spiro atoms. The van der Waals surface area contributed by atoms with Crippen LogP contribution in [-0.4, -0.2) is 17.9 Å². The molecule has 1 N–H and O–H groups in total. The number of methoxy groups -OCH3 is 1. The number of hydrogen-bond acceptors (Lipinski definition) is 2. The van der Waals surface area contributed by atoms with Crippen molar-refractivity contribution in [1.29, 1.82) is 0 Å². The Balaban J connectivity index is 1.73. The van der Waals surface area contributed by atoms with Crippen LogP contribution >= 0.6 is 0 Å². The standard InChI is InChI=1S/C18H16FNO2/c1-22-18-9-7-12(10-15(18)19)17(21)8-6-13-11-20-16-5-3-2-4-14(13)16/h2-5,7,9-11,20H,6,8H2,1H3. The minimum absolute atomic E-state index is 0.0770. The van der Waals surface area contributed by atoms with Gasteiger partial charge in [-0.3, -0.25) is 4.79 Å². The first-order valence-electron chi connectivity index (χ1n) is 7.11. The lowest BCUT2D eigenvalue weighted by Crippen LogP contribution is -2.02. The molecule has 4 heteroatoms. The third-order valence-electron chi connectivity index (χ3n) is 3.77. The molecule has 0 saturated carbocycles. The summed E-state index contributed by atoms with van der Waals surface area (Å²) in [6, 6.07) is 12.3. The number of hydrogen-bond donors (Lipinski definition) is 1. The van der Waals surface area contributed by atoms with Crippen LogP contribution in [-0.2, 0) is 6.42 Å². The van der Waals surface area contributed by atoms with Gasteiger partial charge in [0.15, 0.2) is 17.3 Å². The van der Waals surface area contributed by atoms with Gasteiger partial charge >= 0.3 is 0 Å². The number of benzene rings is 2. The Morgan fingerprint density at radius 3 is 2.82 bits per heavy atom. The molecule has 1 heterocycles. The Labute approximate surface area is 127 Å². The third kappa shape index (κ3) is 2.72. The predicted molar refractivity (Wildman–Crippen MR) is 83.9 cm³/mol. The molecule has 2 aromatic carbocycles. The fraction of sp³-hybridized carbons (Fsp3) is 0.167. The van der Waals surface area contributed by atoms with E-state index in [9.17, 15) is 9.18 Å². The fourth-order valence-electron chi connectivity index (χ4n) is 2.57. The second kappa shape index (κ2) is 6.02. The normalized spacial score (nSPS) is 10.8. The number of nitrogens with one attached hydrogen (secondary N) is 1. The van der Waals surface area contributed by atoms with Crippen molar-refractivity contribution in [2.45, 2.75) is 12.8 Å². The number of Topliss-reactive ketones (excluding diaryl/α,β-unsaturated/α-hetero) is 1. The van der Waals surface area contributed by atoms with E-state index < -0.39 is 5.82 Å². The Bertz CT molecular complexity index is 823. The highest BCUT2D eigenvalue weighted by atomic mass is 19.1. The number of aryl methyl sites for hydroxylation is 1. The van der Waals surface area contributed by atoms with E-state index in [1.54, 1.807) is 6.07 Å². The molecule has 22 heavy (non-hydrogen) atoms. The first kappa shape index (κ1) is 14.3. The molecule has 0 amide bonds. The summed E-state index contributed by atoms with van der Waals surface area (Å²) in [6.45, 7) is 0. The second-order valence-corrected chi connectivity index (χ2v) is 5.13. The van der Waals surface area contributed by atoms with Crippen LogP contribution in [0.1, 0.15) is 22.3 Å². The maximum atomic E-state index is 13.7. The Morgan fingerprint density at radius 2 is 2.05 bits per heavy atom. The first-order valence-corrected chi connectivity index (χ1v) is 7.11. The number of H-pyrrole nitrogens is 1. The van der Waals surface area contributed by atoms with Gasteiger partial charge in [0.1, 0.15) is 0 Å². The minimum Gasteiger partial charge on any atom is -0.494 e. The summed E-state index contributed by atoms with van der Waals surface area (Å²) in [5.41, 5.74) is 2.52. The average molecular weight is 297 g/mol. The summed E-state index contributed by atoms with van der Waals surface area (Å²) >= 11 is 0. The number of halogens is 1. The molecule has 3 nitrogen and oxygen atoms in total. The smallest absolute Gasteiger partial charge is 0.165 e. The molecule has 0 bridgehead atoms. The Hall–Kier alpha value is -2.62. The van der Waals surface area contributed by atoms with E-state index in [-0.39, 0.29) is 11.5 Å². The number of aromatic amines is 1. The van der Waals surface area contributed by atoms with E-state index in [1.807, 2.05) is 30.5 Å². The molecule has 0 aliphatic carbocycles. The quantitative estimate of drug-likeness (QED) is 0.719. The topological polar surface area (TPSA) is 42.1 Å². The minimum atomic E-state index is -0.513. The van der Waals surface area contributed by atoms with Gasteiger partial charge in [0.2, 0.25) is 0 Å². The van der Waals surface area contributed by atoms with Crippen LogP contribution in [0.2, 0.25) is 0 Å². The van der Waals surface area contributed by atoms with E-state index in [0.29, 0.717) is 18.4 Å². The molecule has 3 aromatic rings. The van der Waals surface area contributed by atoms with Crippen molar-refractivity contribution in [3.8, 4) is 5.75 Å². The van der Waals surface area contributed by atoms with Crippen LogP contribution < -0.4 is 4.74 Å². The van der Waals surface area contributed by atoms with Crippen molar-refractivity contribution in [3.63, 3.8) is 0 Å². The van der Waals surface area contributed by atoms with Crippen LogP contribution in [0.25, 0.3) is 10.9 Å². The SMILES string of the molecule is COc1ccc(C(=O)CCc2c[nH]c3ccccc23)cc1F. The molecule has 0 fully saturated rings. The number of para-hydroxylation sites is 1. The third-order valence-corrected chi connectivity index (χ3v) is 3.77. The zero-order chi connectivity index (χ0) is 15.5. The lowest BCUT2D eigenvalue weighted by atomic mass is 10.0. The largest absolute Gasteiger partial charge is 0.494 e. The van der Waals surface area contributed by atoms with Crippen molar-refractivity contribution in [2.24, 2.45) is 0 Å². The number of rotatable bonds is 5. The van der Waals surface area contributed by atoms with Crippen LogP contribution in [0.3, 0.4) is 0 Å². The molecule has 0 aliphatic heterocycles. The molecule has 3 rings (SSSR count). The highest BCUT2D eigenvalue weighted by Gasteiger charge is 2.11. The monoisotopic (exact) mass is 297 g/mol. The molecule has 112 valence electrons. The maximum Gasteiger partial charge on any atom is 0.165 e. The molecule has 0 radical (unpaired) electrons. The number of ether oxygens (including phenoxy) is 1. The van der Waals surface area contributed by atoms with Gasteiger partial charge < -0.3 is 9.72 Å². The molecular formula is C18H16FNO2. The number of carbonyl (C=O) groups is 1. The summed E-state index contributed by atoms with van der Waals surface area (Å²) in [4.78, 5) is 15.4. The van der Waals surface area contributed by atoms with Crippen LogP contribution in [0, 0.1) is 5.82 Å². The summed E-state index contributed by atoms with van der Waals surface area (Å²) < 4.78 is 18.5. The van der Waals surface area contributed by atoms with E-state index in [2.05, 4.69) is 4.98 Å². The maximum absolute atomic E-state index is 13.7. The molecular weight excluding hydrogens is 281 g/mol. The molecule has 0 unspecified atom stereocenters. The van der Waals surface area contributed by atoms with Crippen molar-refractivity contribution in [2.75, 3.05) is 7.11 Å². The lowest BCUT2D eigenvalue weighted by molar-refractivity contribution is 0.0982. The average Bonchev–Trinajstić information content (AvgIpc) is 2.95. The molecule has 0 aliphatic rings. The molecule has 0 saturated heterocycles. The number of ketones is 1. The lowest BCUT2D eigenvalue weighted by Gasteiger charge is -2.04. The van der Waals surface area contributed by atoms with Crippen LogP contribution in [0.5, 0.6) is 5.75 Å². The Morgan fingerprint density at radius 1 is 1.23 bits per heavy atom. The van der Waals surface area contributed by atoms with Crippen LogP contribution in [0.15, 0.2) is 48.7 Å². The van der Waals surface area contributed by atoms with Gasteiger partial charge in [0.05, 0.1) is 7.11 Å². The van der Waals surface area contributed by atoms with Gasteiger partial charge in [-0.25, -0.2) is 4.39 Å².